The number of allylic oxidation sites excluding steroid dienone is 1. The summed E-state index contributed by atoms with van der Waals surface area (Å²) in [5, 5.41) is 0.477. The lowest BCUT2D eigenvalue weighted by Gasteiger charge is -2.11. The number of fused-ring (bicyclic) bond motifs is 4. The number of hydrogen-bond acceptors (Lipinski definition) is 4. The molecule has 0 atom stereocenters. The van der Waals surface area contributed by atoms with Crippen LogP contribution in [0.1, 0.15) is 12.7 Å². The van der Waals surface area contributed by atoms with Crippen LogP contribution in [0.3, 0.4) is 0 Å². The van der Waals surface area contributed by atoms with Crippen LogP contribution in [0, 0.1) is 0 Å². The first-order valence-corrected chi connectivity index (χ1v) is 10.5. The summed E-state index contributed by atoms with van der Waals surface area (Å²) < 4.78 is 4.56. The lowest BCUT2D eigenvalue weighted by Crippen LogP contribution is -2.24. The molecule has 0 spiro atoms. The maximum Gasteiger partial charge on any atom is 0.265 e. The van der Waals surface area contributed by atoms with Crippen LogP contribution in [0.4, 0.5) is 0 Å². The molecule has 5 aromatic rings. The number of nitrogens with zero attached hydrogens (tertiary/aromatic N) is 5. The lowest BCUT2D eigenvalue weighted by molar-refractivity contribution is 0.698. The molecule has 30 heavy (non-hydrogen) atoms. The molecule has 6 nitrogen and oxygen atoms in total. The van der Waals surface area contributed by atoms with Crippen LogP contribution < -0.4 is 5.56 Å². The van der Waals surface area contributed by atoms with Crippen LogP contribution in [0.2, 0.25) is 0 Å². The van der Waals surface area contributed by atoms with Gasteiger partial charge < -0.3 is 0 Å². The van der Waals surface area contributed by atoms with Crippen LogP contribution >= 0.6 is 15.9 Å². The van der Waals surface area contributed by atoms with Crippen molar-refractivity contribution in [3.63, 3.8) is 0 Å². The third-order valence-electron chi connectivity index (χ3n) is 5.15. The number of aryl methyl sites for hydroxylation is 1. The Morgan fingerprint density at radius 1 is 1.00 bits per heavy atom. The molecule has 0 fully saturated rings. The van der Waals surface area contributed by atoms with E-state index in [4.69, 9.17) is 15.0 Å². The highest BCUT2D eigenvalue weighted by atomic mass is 79.9. The Morgan fingerprint density at radius 2 is 1.70 bits per heavy atom. The topological polar surface area (TPSA) is 65.6 Å². The van der Waals surface area contributed by atoms with Crippen molar-refractivity contribution >= 4 is 49.2 Å². The van der Waals surface area contributed by atoms with Gasteiger partial charge in [-0.25, -0.2) is 15.0 Å². The van der Waals surface area contributed by atoms with Gasteiger partial charge in [-0.3, -0.25) is 13.9 Å². The first-order valence-electron chi connectivity index (χ1n) is 9.69. The van der Waals surface area contributed by atoms with E-state index in [0.29, 0.717) is 41.0 Å². The van der Waals surface area contributed by atoms with Gasteiger partial charge in [0.05, 0.1) is 11.0 Å². The molecule has 0 unspecified atom stereocenters. The highest BCUT2D eigenvalue weighted by Gasteiger charge is 2.22. The summed E-state index contributed by atoms with van der Waals surface area (Å²) in [7, 11) is 0. The van der Waals surface area contributed by atoms with E-state index in [9.17, 15) is 4.79 Å². The van der Waals surface area contributed by atoms with Crippen molar-refractivity contribution in [2.75, 3.05) is 0 Å². The van der Waals surface area contributed by atoms with E-state index in [1.165, 1.54) is 0 Å². The fraction of sp³-hybridized carbons (Fsp3) is 0.130. The maximum absolute atomic E-state index is 13.5. The maximum atomic E-state index is 13.5. The Hall–Kier alpha value is -3.32. The lowest BCUT2D eigenvalue weighted by atomic mass is 10.3. The molecule has 0 aliphatic heterocycles. The standard InChI is InChI=1S/C23H18BrN5O/c1-3-13-28-18(4-2)27-21-19(23(28)30)20-22(26-17-8-6-5-7-16(17)25-20)29(21)15-11-9-14(24)10-12-15/h3,5-12H,1,4,13H2,2H3. The molecule has 0 saturated heterocycles. The van der Waals surface area contributed by atoms with Gasteiger partial charge >= 0.3 is 0 Å². The Labute approximate surface area is 180 Å². The predicted octanol–water partition coefficient (Wildman–Crippen LogP) is 4.79. The van der Waals surface area contributed by atoms with Crippen molar-refractivity contribution in [2.45, 2.75) is 19.9 Å². The normalized spacial score (nSPS) is 11.5. The summed E-state index contributed by atoms with van der Waals surface area (Å²) in [5.41, 5.74) is 4.02. The molecule has 0 N–H and O–H groups in total. The quantitative estimate of drug-likeness (QED) is 0.362. The SMILES string of the molecule is C=CCn1c(CC)nc2c(c1=O)c1nc3ccccc3nc1n2-c1ccc(Br)cc1. The first-order chi connectivity index (χ1) is 14.6. The summed E-state index contributed by atoms with van der Waals surface area (Å²) >= 11 is 3.49. The second kappa shape index (κ2) is 7.18. The van der Waals surface area contributed by atoms with E-state index in [1.807, 2.05) is 60.0 Å². The third kappa shape index (κ3) is 2.77. The fourth-order valence-electron chi connectivity index (χ4n) is 3.79. The molecule has 148 valence electrons. The molecule has 0 amide bonds. The summed E-state index contributed by atoms with van der Waals surface area (Å²) in [6, 6.07) is 15.5. The molecule has 0 radical (unpaired) electrons. The molecule has 3 heterocycles. The number of halogens is 1. The van der Waals surface area contributed by atoms with Gasteiger partial charge in [-0.2, -0.15) is 0 Å². The van der Waals surface area contributed by atoms with E-state index in [-0.39, 0.29) is 5.56 Å². The minimum Gasteiger partial charge on any atom is -0.292 e. The minimum atomic E-state index is -0.123. The zero-order chi connectivity index (χ0) is 20.8. The van der Waals surface area contributed by atoms with Crippen molar-refractivity contribution in [1.29, 1.82) is 0 Å². The number of aromatic nitrogens is 5. The van der Waals surface area contributed by atoms with E-state index in [2.05, 4.69) is 22.5 Å². The van der Waals surface area contributed by atoms with Crippen molar-refractivity contribution in [3.8, 4) is 5.69 Å². The van der Waals surface area contributed by atoms with Gasteiger partial charge in [0, 0.05) is 23.1 Å². The monoisotopic (exact) mass is 459 g/mol. The minimum absolute atomic E-state index is 0.123. The van der Waals surface area contributed by atoms with E-state index < -0.39 is 0 Å². The van der Waals surface area contributed by atoms with Crippen molar-refractivity contribution in [1.82, 2.24) is 24.1 Å². The molecule has 2 aromatic carbocycles. The second-order valence-electron chi connectivity index (χ2n) is 6.98. The largest absolute Gasteiger partial charge is 0.292 e. The van der Waals surface area contributed by atoms with E-state index in [1.54, 1.807) is 10.6 Å². The van der Waals surface area contributed by atoms with Crippen LogP contribution in [0.15, 0.2) is 70.5 Å². The second-order valence-corrected chi connectivity index (χ2v) is 7.90. The Morgan fingerprint density at radius 3 is 2.37 bits per heavy atom. The molecule has 0 bridgehead atoms. The van der Waals surface area contributed by atoms with Gasteiger partial charge in [0.2, 0.25) is 0 Å². The van der Waals surface area contributed by atoms with Gasteiger partial charge in [-0.05, 0) is 36.4 Å². The summed E-state index contributed by atoms with van der Waals surface area (Å²) in [4.78, 5) is 28.1. The van der Waals surface area contributed by atoms with Gasteiger partial charge in [0.25, 0.3) is 5.56 Å². The van der Waals surface area contributed by atoms with Gasteiger partial charge in [-0.1, -0.05) is 41.1 Å². The highest BCUT2D eigenvalue weighted by Crippen LogP contribution is 2.29. The summed E-state index contributed by atoms with van der Waals surface area (Å²) in [6.07, 6.45) is 2.34. The zero-order valence-electron chi connectivity index (χ0n) is 16.3. The molecular weight excluding hydrogens is 442 g/mol. The van der Waals surface area contributed by atoms with Crippen molar-refractivity contribution < 1.29 is 0 Å². The number of para-hydroxylation sites is 2. The molecule has 0 aliphatic rings. The van der Waals surface area contributed by atoms with Gasteiger partial charge in [0.15, 0.2) is 11.3 Å². The van der Waals surface area contributed by atoms with Crippen LogP contribution in [-0.2, 0) is 13.0 Å². The predicted molar refractivity (Wildman–Crippen MR) is 123 cm³/mol. The Kier molecular flexibility index (Phi) is 4.47. The molecular formula is C23H18BrN5O. The summed E-state index contributed by atoms with van der Waals surface area (Å²) in [5.74, 6) is 0.707. The van der Waals surface area contributed by atoms with E-state index >= 15 is 0 Å². The molecule has 3 aromatic heterocycles. The first kappa shape index (κ1) is 18.7. The van der Waals surface area contributed by atoms with Crippen LogP contribution in [0.5, 0.6) is 0 Å². The smallest absolute Gasteiger partial charge is 0.265 e. The van der Waals surface area contributed by atoms with Gasteiger partial charge in [0.1, 0.15) is 16.7 Å². The number of hydrogen-bond donors (Lipinski definition) is 0. The average molecular weight is 460 g/mol. The number of benzene rings is 2. The van der Waals surface area contributed by atoms with Crippen LogP contribution in [-0.4, -0.2) is 24.1 Å². The average Bonchev–Trinajstić information content (AvgIpc) is 3.07. The van der Waals surface area contributed by atoms with Crippen molar-refractivity contribution in [3.05, 3.63) is 81.8 Å². The van der Waals surface area contributed by atoms with Crippen molar-refractivity contribution in [2.24, 2.45) is 0 Å². The van der Waals surface area contributed by atoms with E-state index in [0.717, 1.165) is 21.2 Å². The molecule has 7 heteroatoms. The third-order valence-corrected chi connectivity index (χ3v) is 5.68. The summed E-state index contributed by atoms with van der Waals surface area (Å²) in [6.45, 7) is 6.18. The molecule has 0 aliphatic carbocycles. The van der Waals surface area contributed by atoms with Gasteiger partial charge in [-0.15, -0.1) is 6.58 Å². The molecule has 0 saturated carbocycles. The number of rotatable bonds is 4. The molecule has 5 rings (SSSR count). The Balaban J connectivity index is 2.02. The fourth-order valence-corrected chi connectivity index (χ4v) is 4.06. The van der Waals surface area contributed by atoms with Crippen LogP contribution in [0.25, 0.3) is 38.9 Å². The zero-order valence-corrected chi connectivity index (χ0v) is 17.9. The highest BCUT2D eigenvalue weighted by molar-refractivity contribution is 9.10. The Bertz CT molecular complexity index is 1500.